The standard InChI is InChI=1S/C19H18FN/c1-12-4-2-6-16-15-5-3-7-17(15)19(21-18(12)16)13-8-10-14(20)11-9-13/h2-6,8-11,15,17,19,21H,7H2,1H3/t15-,17-,19+/m0/s1. The van der Waals surface area contributed by atoms with E-state index in [1.807, 2.05) is 12.1 Å². The molecule has 0 unspecified atom stereocenters. The van der Waals surface area contributed by atoms with Crippen LogP contribution in [0.2, 0.25) is 0 Å². The Bertz CT molecular complexity index is 702. The topological polar surface area (TPSA) is 12.0 Å². The summed E-state index contributed by atoms with van der Waals surface area (Å²) >= 11 is 0. The van der Waals surface area contributed by atoms with Crippen molar-refractivity contribution >= 4 is 5.69 Å². The molecule has 1 heterocycles. The van der Waals surface area contributed by atoms with Gasteiger partial charge in [0.15, 0.2) is 0 Å². The monoisotopic (exact) mass is 279 g/mol. The van der Waals surface area contributed by atoms with Crippen LogP contribution in [0.4, 0.5) is 10.1 Å². The summed E-state index contributed by atoms with van der Waals surface area (Å²) in [6.07, 6.45) is 5.69. The summed E-state index contributed by atoms with van der Waals surface area (Å²) in [7, 11) is 0. The number of anilines is 1. The Morgan fingerprint density at radius 1 is 1.10 bits per heavy atom. The highest BCUT2D eigenvalue weighted by atomic mass is 19.1. The molecular weight excluding hydrogens is 261 g/mol. The van der Waals surface area contributed by atoms with Crippen molar-refractivity contribution in [2.24, 2.45) is 5.92 Å². The third kappa shape index (κ3) is 1.98. The summed E-state index contributed by atoms with van der Waals surface area (Å²) in [6, 6.07) is 13.7. The van der Waals surface area contributed by atoms with Crippen LogP contribution in [0.1, 0.15) is 35.1 Å². The average Bonchev–Trinajstić information content (AvgIpc) is 2.98. The highest BCUT2D eigenvalue weighted by Crippen LogP contribution is 2.50. The molecule has 0 aromatic heterocycles. The Balaban J connectivity index is 1.81. The number of fused-ring (bicyclic) bond motifs is 3. The van der Waals surface area contributed by atoms with E-state index in [4.69, 9.17) is 0 Å². The number of hydrogen-bond donors (Lipinski definition) is 1. The van der Waals surface area contributed by atoms with Gasteiger partial charge in [0.05, 0.1) is 6.04 Å². The van der Waals surface area contributed by atoms with E-state index in [9.17, 15) is 4.39 Å². The van der Waals surface area contributed by atoms with E-state index in [0.29, 0.717) is 11.8 Å². The fourth-order valence-corrected chi connectivity index (χ4v) is 3.78. The Morgan fingerprint density at radius 3 is 2.71 bits per heavy atom. The minimum atomic E-state index is -0.174. The van der Waals surface area contributed by atoms with Crippen LogP contribution in [0, 0.1) is 18.7 Å². The van der Waals surface area contributed by atoms with E-state index < -0.39 is 0 Å². The minimum Gasteiger partial charge on any atom is -0.377 e. The van der Waals surface area contributed by atoms with Gasteiger partial charge in [0, 0.05) is 11.6 Å². The SMILES string of the molecule is Cc1cccc2c1N[C@H](c1ccc(F)cc1)[C@H]1CC=C[C@@H]21. The van der Waals surface area contributed by atoms with Gasteiger partial charge in [-0.15, -0.1) is 0 Å². The molecule has 1 aliphatic carbocycles. The maximum absolute atomic E-state index is 13.2. The summed E-state index contributed by atoms with van der Waals surface area (Å²) in [5, 5.41) is 3.71. The van der Waals surface area contributed by atoms with Crippen LogP contribution in [0.5, 0.6) is 0 Å². The zero-order valence-corrected chi connectivity index (χ0v) is 12.0. The first-order chi connectivity index (χ1) is 10.2. The van der Waals surface area contributed by atoms with Gasteiger partial charge in [-0.2, -0.15) is 0 Å². The first kappa shape index (κ1) is 12.6. The molecule has 1 aliphatic heterocycles. The van der Waals surface area contributed by atoms with Gasteiger partial charge in [-0.1, -0.05) is 42.5 Å². The van der Waals surface area contributed by atoms with Crippen molar-refractivity contribution in [3.05, 3.63) is 77.1 Å². The summed E-state index contributed by atoms with van der Waals surface area (Å²) in [5.74, 6) is 0.813. The van der Waals surface area contributed by atoms with Gasteiger partial charge in [0.2, 0.25) is 0 Å². The molecule has 0 bridgehead atoms. The Hall–Kier alpha value is -2.09. The van der Waals surface area contributed by atoms with E-state index in [2.05, 4.69) is 42.6 Å². The van der Waals surface area contributed by atoms with Crippen molar-refractivity contribution in [1.29, 1.82) is 0 Å². The van der Waals surface area contributed by atoms with E-state index in [0.717, 1.165) is 6.42 Å². The van der Waals surface area contributed by atoms with Crippen LogP contribution in [-0.4, -0.2) is 0 Å². The fraction of sp³-hybridized carbons (Fsp3) is 0.263. The molecule has 21 heavy (non-hydrogen) atoms. The third-order valence-electron chi connectivity index (χ3n) is 4.83. The van der Waals surface area contributed by atoms with Crippen molar-refractivity contribution in [3.63, 3.8) is 0 Å². The van der Waals surface area contributed by atoms with Gasteiger partial charge in [-0.3, -0.25) is 0 Å². The third-order valence-corrected chi connectivity index (χ3v) is 4.83. The lowest BCUT2D eigenvalue weighted by Crippen LogP contribution is -2.29. The van der Waals surface area contributed by atoms with Gasteiger partial charge >= 0.3 is 0 Å². The van der Waals surface area contributed by atoms with Gasteiger partial charge in [-0.25, -0.2) is 4.39 Å². The van der Waals surface area contributed by atoms with E-state index in [1.165, 1.54) is 22.4 Å². The average molecular weight is 279 g/mol. The number of halogens is 1. The first-order valence-corrected chi connectivity index (χ1v) is 7.52. The number of aryl methyl sites for hydroxylation is 1. The Kier molecular flexibility index (Phi) is 2.85. The largest absolute Gasteiger partial charge is 0.377 e. The Morgan fingerprint density at radius 2 is 1.90 bits per heavy atom. The van der Waals surface area contributed by atoms with E-state index in [-0.39, 0.29) is 11.9 Å². The molecular formula is C19H18FN. The lowest BCUT2D eigenvalue weighted by Gasteiger charge is -2.38. The molecule has 1 nitrogen and oxygen atoms in total. The summed E-state index contributed by atoms with van der Waals surface area (Å²) < 4.78 is 13.2. The number of nitrogens with one attached hydrogen (secondary N) is 1. The quantitative estimate of drug-likeness (QED) is 0.727. The number of para-hydroxylation sites is 1. The molecule has 2 heteroatoms. The highest BCUT2D eigenvalue weighted by molar-refractivity contribution is 5.63. The van der Waals surface area contributed by atoms with E-state index >= 15 is 0 Å². The predicted molar refractivity (Wildman–Crippen MR) is 83.9 cm³/mol. The molecule has 0 saturated carbocycles. The van der Waals surface area contributed by atoms with Crippen LogP contribution in [-0.2, 0) is 0 Å². The van der Waals surface area contributed by atoms with Gasteiger partial charge in [0.25, 0.3) is 0 Å². The number of rotatable bonds is 1. The molecule has 3 atom stereocenters. The van der Waals surface area contributed by atoms with Crippen LogP contribution >= 0.6 is 0 Å². The van der Waals surface area contributed by atoms with Crippen molar-refractivity contribution < 1.29 is 4.39 Å². The summed E-state index contributed by atoms with van der Waals surface area (Å²) in [5.41, 5.74) is 5.09. The smallest absolute Gasteiger partial charge is 0.123 e. The Labute approximate surface area is 124 Å². The summed E-state index contributed by atoms with van der Waals surface area (Å²) in [6.45, 7) is 2.15. The molecule has 0 saturated heterocycles. The summed E-state index contributed by atoms with van der Waals surface area (Å²) in [4.78, 5) is 0. The van der Waals surface area contributed by atoms with E-state index in [1.54, 1.807) is 12.1 Å². The maximum atomic E-state index is 13.2. The van der Waals surface area contributed by atoms with Gasteiger partial charge in [-0.05, 0) is 48.1 Å². The molecule has 2 aliphatic rings. The molecule has 4 rings (SSSR count). The second-order valence-electron chi connectivity index (χ2n) is 6.07. The number of allylic oxidation sites excluding steroid dienone is 2. The number of hydrogen-bond acceptors (Lipinski definition) is 1. The predicted octanol–water partition coefficient (Wildman–Crippen LogP) is 4.96. The van der Waals surface area contributed by atoms with Gasteiger partial charge in [0.1, 0.15) is 5.82 Å². The van der Waals surface area contributed by atoms with Crippen molar-refractivity contribution in [2.45, 2.75) is 25.3 Å². The second kappa shape index (κ2) is 4.73. The molecule has 0 radical (unpaired) electrons. The van der Waals surface area contributed by atoms with Crippen LogP contribution in [0.15, 0.2) is 54.6 Å². The molecule has 106 valence electrons. The zero-order chi connectivity index (χ0) is 14.4. The normalized spacial score (nSPS) is 26.1. The zero-order valence-electron chi connectivity index (χ0n) is 12.0. The van der Waals surface area contributed by atoms with Crippen LogP contribution in [0.3, 0.4) is 0 Å². The minimum absolute atomic E-state index is 0.174. The maximum Gasteiger partial charge on any atom is 0.123 e. The molecule has 2 aromatic rings. The van der Waals surface area contributed by atoms with Crippen molar-refractivity contribution in [1.82, 2.24) is 0 Å². The first-order valence-electron chi connectivity index (χ1n) is 7.52. The van der Waals surface area contributed by atoms with Gasteiger partial charge < -0.3 is 5.32 Å². The lowest BCUT2D eigenvalue weighted by atomic mass is 9.76. The van der Waals surface area contributed by atoms with Crippen LogP contribution < -0.4 is 5.32 Å². The molecule has 0 amide bonds. The second-order valence-corrected chi connectivity index (χ2v) is 6.07. The molecule has 0 fully saturated rings. The van der Waals surface area contributed by atoms with Crippen molar-refractivity contribution in [3.8, 4) is 0 Å². The lowest BCUT2D eigenvalue weighted by molar-refractivity contribution is 0.425. The fourth-order valence-electron chi connectivity index (χ4n) is 3.78. The molecule has 0 spiro atoms. The van der Waals surface area contributed by atoms with Crippen LogP contribution in [0.25, 0.3) is 0 Å². The van der Waals surface area contributed by atoms with Crippen molar-refractivity contribution in [2.75, 3.05) is 5.32 Å². The molecule has 1 N–H and O–H groups in total. The highest BCUT2D eigenvalue weighted by Gasteiger charge is 2.38. The number of benzene rings is 2. The molecule has 2 aromatic carbocycles.